The van der Waals surface area contributed by atoms with E-state index >= 15 is 4.39 Å². The van der Waals surface area contributed by atoms with Gasteiger partial charge in [-0.1, -0.05) is 82.5 Å². The highest BCUT2D eigenvalue weighted by Crippen LogP contribution is 2.40. The zero-order valence-corrected chi connectivity index (χ0v) is 29.9. The van der Waals surface area contributed by atoms with Gasteiger partial charge in [0.25, 0.3) is 0 Å². The van der Waals surface area contributed by atoms with Crippen molar-refractivity contribution in [2.24, 2.45) is 11.8 Å². The number of hydrogen-bond acceptors (Lipinski definition) is 5. The molecule has 1 saturated carbocycles. The first-order valence-corrected chi connectivity index (χ1v) is 18.7. The summed E-state index contributed by atoms with van der Waals surface area (Å²) in [7, 11) is 0. The van der Waals surface area contributed by atoms with Crippen molar-refractivity contribution in [3.8, 4) is 28.0 Å². The maximum absolute atomic E-state index is 15.7. The molecule has 49 heavy (non-hydrogen) atoms. The Morgan fingerprint density at radius 1 is 0.898 bits per heavy atom. The zero-order valence-electron chi connectivity index (χ0n) is 29.9. The molecule has 3 aromatic carbocycles. The van der Waals surface area contributed by atoms with Gasteiger partial charge in [0.05, 0.1) is 13.2 Å². The van der Waals surface area contributed by atoms with Crippen LogP contribution >= 0.6 is 0 Å². The second kappa shape index (κ2) is 18.3. The molecular weight excluding hydrogens is 615 g/mol. The summed E-state index contributed by atoms with van der Waals surface area (Å²) in [6.07, 6.45) is 11.9. The molecule has 0 bridgehead atoms. The number of epoxide rings is 1. The first kappa shape index (κ1) is 37.2. The van der Waals surface area contributed by atoms with E-state index in [1.54, 1.807) is 6.07 Å². The number of benzene rings is 3. The lowest BCUT2D eigenvalue weighted by molar-refractivity contribution is 0.0520. The summed E-state index contributed by atoms with van der Waals surface area (Å²) < 4.78 is 33.4. The smallest absolute Gasteiger partial charge is 0.188 e. The van der Waals surface area contributed by atoms with Crippen LogP contribution < -0.4 is 4.74 Å². The molecule has 0 spiro atoms. The summed E-state index contributed by atoms with van der Waals surface area (Å²) in [4.78, 5) is 0. The number of hydrogen-bond donors (Lipinski definition) is 2. The molecule has 2 unspecified atom stereocenters. The van der Waals surface area contributed by atoms with Crippen molar-refractivity contribution in [2.75, 3.05) is 26.4 Å². The van der Waals surface area contributed by atoms with Crippen LogP contribution in [-0.2, 0) is 22.3 Å². The molecule has 3 aromatic rings. The molecule has 0 aromatic heterocycles. The van der Waals surface area contributed by atoms with Gasteiger partial charge in [0.1, 0.15) is 17.7 Å². The zero-order chi connectivity index (χ0) is 34.8. The molecule has 5 nitrogen and oxygen atoms in total. The van der Waals surface area contributed by atoms with E-state index < -0.39 is 0 Å². The number of rotatable bonds is 19. The summed E-state index contributed by atoms with van der Waals surface area (Å²) >= 11 is 0. The molecule has 0 amide bonds. The van der Waals surface area contributed by atoms with Crippen molar-refractivity contribution in [1.29, 1.82) is 0 Å². The van der Waals surface area contributed by atoms with Crippen LogP contribution in [0.2, 0.25) is 0 Å². The SMILES string of the molecule is C=C(C)C1OC1OCCc1cc(-c2ccc(-c3ccc(C4CCC(CCCCC)CC4)cc3F)cc2CC)ccc1OCCC(CO)CO. The Hall–Kier alpha value is -3.03. The Bertz CT molecular complexity index is 1510. The Balaban J connectivity index is 1.30. The fraction of sp³-hybridized carbons (Fsp3) is 0.535. The Labute approximate surface area is 293 Å². The van der Waals surface area contributed by atoms with Crippen LogP contribution in [0.5, 0.6) is 5.75 Å². The molecule has 2 atom stereocenters. The van der Waals surface area contributed by atoms with E-state index in [0.717, 1.165) is 69.9 Å². The molecule has 5 rings (SSSR count). The van der Waals surface area contributed by atoms with Gasteiger partial charge in [-0.2, -0.15) is 0 Å². The van der Waals surface area contributed by atoms with Crippen molar-refractivity contribution in [1.82, 2.24) is 0 Å². The lowest BCUT2D eigenvalue weighted by atomic mass is 9.77. The highest BCUT2D eigenvalue weighted by Gasteiger charge is 2.40. The van der Waals surface area contributed by atoms with E-state index in [2.05, 4.69) is 50.8 Å². The van der Waals surface area contributed by atoms with Crippen LogP contribution in [0.25, 0.3) is 22.3 Å². The van der Waals surface area contributed by atoms with Crippen LogP contribution in [0.4, 0.5) is 4.39 Å². The Kier molecular flexibility index (Phi) is 13.9. The minimum absolute atomic E-state index is 0.0391. The first-order valence-electron chi connectivity index (χ1n) is 18.7. The molecule has 1 heterocycles. The quantitative estimate of drug-likeness (QED) is 0.0754. The van der Waals surface area contributed by atoms with Gasteiger partial charge in [-0.3, -0.25) is 0 Å². The monoisotopic (exact) mass is 672 g/mol. The molecule has 2 fully saturated rings. The van der Waals surface area contributed by atoms with E-state index in [1.165, 1.54) is 38.5 Å². The van der Waals surface area contributed by atoms with Crippen molar-refractivity contribution < 1.29 is 28.8 Å². The molecule has 6 heteroatoms. The van der Waals surface area contributed by atoms with Crippen molar-refractivity contribution >= 4 is 0 Å². The van der Waals surface area contributed by atoms with Gasteiger partial charge in [-0.15, -0.1) is 0 Å². The lowest BCUT2D eigenvalue weighted by Gasteiger charge is -2.29. The minimum Gasteiger partial charge on any atom is -0.493 e. The second-order valence-electron chi connectivity index (χ2n) is 14.3. The number of aryl methyl sites for hydroxylation is 1. The van der Waals surface area contributed by atoms with Gasteiger partial charge in [-0.05, 0) is 121 Å². The van der Waals surface area contributed by atoms with Crippen LogP contribution in [0.15, 0.2) is 66.7 Å². The van der Waals surface area contributed by atoms with Gasteiger partial charge >= 0.3 is 0 Å². The predicted octanol–water partition coefficient (Wildman–Crippen LogP) is 9.81. The molecule has 1 aliphatic carbocycles. The van der Waals surface area contributed by atoms with E-state index in [-0.39, 0.29) is 37.3 Å². The summed E-state index contributed by atoms with van der Waals surface area (Å²) in [5.41, 5.74) is 8.00. The standard InChI is InChI=1S/C43H57FO5/c1-5-7-8-9-30-10-12-33(13-11-30)34-14-18-39(40(44)26-34)36-15-17-38(32(6-2)24-36)35-16-19-41(47-22-20-31(27-45)28-46)37(25-35)21-23-48-43-42(49-43)29(3)4/h14-19,24-26,30-31,33,42-43,45-46H,3,5-13,20-23,27-28H2,1-2,4H3. The number of aliphatic hydroxyl groups excluding tert-OH is 2. The summed E-state index contributed by atoms with van der Waals surface area (Å²) in [5, 5.41) is 18.9. The number of ether oxygens (including phenoxy) is 3. The summed E-state index contributed by atoms with van der Waals surface area (Å²) in [6.45, 7) is 11.0. The lowest BCUT2D eigenvalue weighted by Crippen LogP contribution is -2.15. The molecular formula is C43H57FO5. The molecule has 266 valence electrons. The van der Waals surface area contributed by atoms with E-state index in [4.69, 9.17) is 14.2 Å². The third-order valence-electron chi connectivity index (χ3n) is 10.6. The van der Waals surface area contributed by atoms with Crippen LogP contribution in [0.1, 0.15) is 101 Å². The van der Waals surface area contributed by atoms with E-state index in [1.807, 2.05) is 25.1 Å². The number of halogens is 1. The average molecular weight is 673 g/mol. The number of unbranched alkanes of at least 4 members (excludes halogenated alkanes) is 2. The van der Waals surface area contributed by atoms with Crippen molar-refractivity contribution in [3.05, 3.63) is 89.3 Å². The third-order valence-corrected chi connectivity index (χ3v) is 10.6. The fourth-order valence-electron chi connectivity index (χ4n) is 7.34. The van der Waals surface area contributed by atoms with Crippen molar-refractivity contribution in [2.45, 2.75) is 110 Å². The largest absolute Gasteiger partial charge is 0.493 e. The average Bonchev–Trinajstić information content (AvgIpc) is 3.91. The van der Waals surface area contributed by atoms with Gasteiger partial charge < -0.3 is 24.4 Å². The van der Waals surface area contributed by atoms with Crippen LogP contribution in [-0.4, -0.2) is 49.0 Å². The second-order valence-corrected chi connectivity index (χ2v) is 14.3. The van der Waals surface area contributed by atoms with Crippen LogP contribution in [0, 0.1) is 17.7 Å². The van der Waals surface area contributed by atoms with Gasteiger partial charge in [0, 0.05) is 24.7 Å². The topological polar surface area (TPSA) is 71.5 Å². The van der Waals surface area contributed by atoms with E-state index in [9.17, 15) is 10.2 Å². The first-order chi connectivity index (χ1) is 23.8. The Morgan fingerprint density at radius 2 is 1.61 bits per heavy atom. The maximum Gasteiger partial charge on any atom is 0.188 e. The van der Waals surface area contributed by atoms with Crippen LogP contribution in [0.3, 0.4) is 0 Å². The predicted molar refractivity (Wildman–Crippen MR) is 196 cm³/mol. The normalized spacial score (nSPS) is 20.5. The highest BCUT2D eigenvalue weighted by molar-refractivity contribution is 5.75. The fourth-order valence-corrected chi connectivity index (χ4v) is 7.34. The molecule has 0 radical (unpaired) electrons. The molecule has 1 saturated heterocycles. The van der Waals surface area contributed by atoms with Gasteiger partial charge in [0.15, 0.2) is 6.29 Å². The summed E-state index contributed by atoms with van der Waals surface area (Å²) in [5.74, 6) is 1.72. The number of aliphatic hydroxyl groups is 2. The molecule has 1 aliphatic heterocycles. The molecule has 2 aliphatic rings. The maximum atomic E-state index is 15.7. The molecule has 2 N–H and O–H groups in total. The third kappa shape index (κ3) is 10.0. The Morgan fingerprint density at radius 3 is 2.29 bits per heavy atom. The van der Waals surface area contributed by atoms with E-state index in [0.29, 0.717) is 37.5 Å². The highest BCUT2D eigenvalue weighted by atomic mass is 19.1. The summed E-state index contributed by atoms with van der Waals surface area (Å²) in [6, 6.07) is 18.4. The minimum atomic E-state index is -0.246. The van der Waals surface area contributed by atoms with Gasteiger partial charge in [-0.25, -0.2) is 4.39 Å². The van der Waals surface area contributed by atoms with Crippen molar-refractivity contribution in [3.63, 3.8) is 0 Å². The van der Waals surface area contributed by atoms with Gasteiger partial charge in [0.2, 0.25) is 0 Å².